The van der Waals surface area contributed by atoms with Gasteiger partial charge in [-0.25, -0.2) is 4.98 Å². The third-order valence-corrected chi connectivity index (χ3v) is 3.95. The van der Waals surface area contributed by atoms with E-state index in [1.54, 1.807) is 6.20 Å². The molecule has 2 atom stereocenters. The molecule has 0 radical (unpaired) electrons. The van der Waals surface area contributed by atoms with Crippen molar-refractivity contribution in [2.24, 2.45) is 11.8 Å². The van der Waals surface area contributed by atoms with Gasteiger partial charge in [0.2, 0.25) is 0 Å². The fourth-order valence-electron chi connectivity index (χ4n) is 2.82. The first-order chi connectivity index (χ1) is 9.70. The van der Waals surface area contributed by atoms with E-state index in [9.17, 15) is 4.79 Å². The molecule has 0 spiro atoms. The van der Waals surface area contributed by atoms with Gasteiger partial charge in [0, 0.05) is 19.3 Å². The fraction of sp³-hybridized carbons (Fsp3) is 0.625. The molecular formula is C16H25N3O. The average molecular weight is 275 g/mol. The maximum absolute atomic E-state index is 12.3. The van der Waals surface area contributed by atoms with E-state index < -0.39 is 0 Å². The van der Waals surface area contributed by atoms with Crippen LogP contribution in [0, 0.1) is 11.8 Å². The fourth-order valence-corrected chi connectivity index (χ4v) is 2.82. The average Bonchev–Trinajstić information content (AvgIpc) is 2.88. The van der Waals surface area contributed by atoms with Crippen molar-refractivity contribution in [1.29, 1.82) is 0 Å². The lowest BCUT2D eigenvalue weighted by molar-refractivity contribution is 0.0947. The minimum absolute atomic E-state index is 0.0174. The highest BCUT2D eigenvalue weighted by Crippen LogP contribution is 2.29. The van der Waals surface area contributed by atoms with Crippen LogP contribution < -0.4 is 10.6 Å². The SMILES string of the molecule is CCCNc1ncccc1C(=O)NCC1CCC(C)C1. The van der Waals surface area contributed by atoms with Crippen molar-refractivity contribution in [3.05, 3.63) is 23.9 Å². The second-order valence-electron chi connectivity index (χ2n) is 5.82. The van der Waals surface area contributed by atoms with Crippen molar-refractivity contribution < 1.29 is 4.79 Å². The van der Waals surface area contributed by atoms with Crippen molar-refractivity contribution in [3.8, 4) is 0 Å². The zero-order chi connectivity index (χ0) is 14.4. The predicted molar refractivity (Wildman–Crippen MR) is 81.9 cm³/mol. The highest BCUT2D eigenvalue weighted by atomic mass is 16.1. The highest BCUT2D eigenvalue weighted by molar-refractivity contribution is 5.98. The van der Waals surface area contributed by atoms with Crippen molar-refractivity contribution in [1.82, 2.24) is 10.3 Å². The van der Waals surface area contributed by atoms with Crippen LogP contribution in [0.5, 0.6) is 0 Å². The van der Waals surface area contributed by atoms with Crippen LogP contribution in [0.4, 0.5) is 5.82 Å². The zero-order valence-corrected chi connectivity index (χ0v) is 12.5. The van der Waals surface area contributed by atoms with E-state index in [0.717, 1.165) is 25.4 Å². The molecule has 1 aliphatic carbocycles. The molecule has 20 heavy (non-hydrogen) atoms. The van der Waals surface area contributed by atoms with Crippen molar-refractivity contribution in [2.45, 2.75) is 39.5 Å². The number of hydrogen-bond acceptors (Lipinski definition) is 3. The topological polar surface area (TPSA) is 54.0 Å². The molecule has 0 aromatic carbocycles. The number of carbonyl (C=O) groups excluding carboxylic acids is 1. The first kappa shape index (κ1) is 14.8. The molecule has 2 rings (SSSR count). The van der Waals surface area contributed by atoms with Gasteiger partial charge in [-0.1, -0.05) is 20.3 Å². The first-order valence-electron chi connectivity index (χ1n) is 7.67. The third-order valence-electron chi connectivity index (χ3n) is 3.95. The van der Waals surface area contributed by atoms with E-state index in [1.807, 2.05) is 12.1 Å². The Kier molecular flexibility index (Phi) is 5.39. The smallest absolute Gasteiger partial charge is 0.255 e. The molecule has 1 aromatic heterocycles. The van der Waals surface area contributed by atoms with E-state index in [1.165, 1.54) is 19.3 Å². The summed E-state index contributed by atoms with van der Waals surface area (Å²) < 4.78 is 0. The second kappa shape index (κ2) is 7.27. The Morgan fingerprint density at radius 2 is 2.30 bits per heavy atom. The van der Waals surface area contributed by atoms with Crippen LogP contribution in [0.15, 0.2) is 18.3 Å². The van der Waals surface area contributed by atoms with Crippen LogP contribution in [-0.4, -0.2) is 24.0 Å². The number of anilines is 1. The van der Waals surface area contributed by atoms with Gasteiger partial charge in [-0.05, 0) is 43.2 Å². The molecule has 1 aromatic rings. The molecular weight excluding hydrogens is 250 g/mol. The molecule has 2 unspecified atom stereocenters. The summed E-state index contributed by atoms with van der Waals surface area (Å²) in [7, 11) is 0. The molecule has 110 valence electrons. The molecule has 1 saturated carbocycles. The van der Waals surface area contributed by atoms with Crippen molar-refractivity contribution in [3.63, 3.8) is 0 Å². The van der Waals surface area contributed by atoms with Gasteiger partial charge >= 0.3 is 0 Å². The standard InChI is InChI=1S/C16H25N3O/c1-3-8-17-15-14(5-4-9-18-15)16(20)19-11-13-7-6-12(2)10-13/h4-5,9,12-13H,3,6-8,10-11H2,1-2H3,(H,17,18)(H,19,20). The van der Waals surface area contributed by atoms with E-state index >= 15 is 0 Å². The van der Waals surface area contributed by atoms with Gasteiger partial charge in [0.05, 0.1) is 5.56 Å². The number of nitrogens with one attached hydrogen (secondary N) is 2. The Hall–Kier alpha value is -1.58. The lowest BCUT2D eigenvalue weighted by Crippen LogP contribution is -2.29. The maximum Gasteiger partial charge on any atom is 0.255 e. The summed E-state index contributed by atoms with van der Waals surface area (Å²) in [5, 5.41) is 6.27. The van der Waals surface area contributed by atoms with E-state index in [0.29, 0.717) is 17.3 Å². The van der Waals surface area contributed by atoms with Gasteiger partial charge < -0.3 is 10.6 Å². The van der Waals surface area contributed by atoms with Gasteiger partial charge in [0.1, 0.15) is 5.82 Å². The summed E-state index contributed by atoms with van der Waals surface area (Å²) in [6.45, 7) is 6.00. The number of nitrogens with zero attached hydrogens (tertiary/aromatic N) is 1. The maximum atomic E-state index is 12.3. The molecule has 0 saturated heterocycles. The van der Waals surface area contributed by atoms with Crippen molar-refractivity contribution >= 4 is 11.7 Å². The molecule has 2 N–H and O–H groups in total. The van der Waals surface area contributed by atoms with Crippen LogP contribution >= 0.6 is 0 Å². The van der Waals surface area contributed by atoms with Gasteiger partial charge in [-0.2, -0.15) is 0 Å². The normalized spacial score (nSPS) is 21.7. The van der Waals surface area contributed by atoms with Crippen LogP contribution in [0.2, 0.25) is 0 Å². The Morgan fingerprint density at radius 1 is 1.45 bits per heavy atom. The summed E-state index contributed by atoms with van der Waals surface area (Å²) in [5.74, 6) is 2.11. The third kappa shape index (κ3) is 3.95. The van der Waals surface area contributed by atoms with Gasteiger partial charge in [-0.15, -0.1) is 0 Å². The number of amides is 1. The Bertz CT molecular complexity index is 447. The summed E-state index contributed by atoms with van der Waals surface area (Å²) in [5.41, 5.74) is 0.645. The minimum atomic E-state index is -0.0174. The largest absolute Gasteiger partial charge is 0.369 e. The lowest BCUT2D eigenvalue weighted by Gasteiger charge is -2.13. The summed E-state index contributed by atoms with van der Waals surface area (Å²) in [4.78, 5) is 16.5. The van der Waals surface area contributed by atoms with E-state index in [4.69, 9.17) is 0 Å². The lowest BCUT2D eigenvalue weighted by atomic mass is 10.1. The van der Waals surface area contributed by atoms with Crippen LogP contribution in [0.1, 0.15) is 49.9 Å². The molecule has 0 aliphatic heterocycles. The molecule has 1 fully saturated rings. The predicted octanol–water partition coefficient (Wildman–Crippen LogP) is 3.07. The summed E-state index contributed by atoms with van der Waals surface area (Å²) in [6, 6.07) is 3.64. The Labute approximate surface area is 121 Å². The summed E-state index contributed by atoms with van der Waals surface area (Å²) in [6.07, 6.45) is 6.48. The quantitative estimate of drug-likeness (QED) is 0.839. The summed E-state index contributed by atoms with van der Waals surface area (Å²) >= 11 is 0. The number of pyridine rings is 1. The van der Waals surface area contributed by atoms with E-state index in [-0.39, 0.29) is 5.91 Å². The molecule has 0 bridgehead atoms. The zero-order valence-electron chi connectivity index (χ0n) is 12.5. The Morgan fingerprint density at radius 3 is 3.00 bits per heavy atom. The molecule has 1 heterocycles. The number of rotatable bonds is 6. The molecule has 4 heteroatoms. The highest BCUT2D eigenvalue weighted by Gasteiger charge is 2.22. The number of carbonyl (C=O) groups is 1. The van der Waals surface area contributed by atoms with Gasteiger partial charge in [0.15, 0.2) is 0 Å². The first-order valence-corrected chi connectivity index (χ1v) is 7.67. The van der Waals surface area contributed by atoms with E-state index in [2.05, 4.69) is 29.5 Å². The van der Waals surface area contributed by atoms with Crippen molar-refractivity contribution in [2.75, 3.05) is 18.4 Å². The second-order valence-corrected chi connectivity index (χ2v) is 5.82. The molecule has 1 amide bonds. The van der Waals surface area contributed by atoms with Gasteiger partial charge in [-0.3, -0.25) is 4.79 Å². The monoisotopic (exact) mass is 275 g/mol. The van der Waals surface area contributed by atoms with Crippen LogP contribution in [-0.2, 0) is 0 Å². The number of aromatic nitrogens is 1. The minimum Gasteiger partial charge on any atom is -0.369 e. The Balaban J connectivity index is 1.91. The van der Waals surface area contributed by atoms with Crippen LogP contribution in [0.25, 0.3) is 0 Å². The van der Waals surface area contributed by atoms with Crippen LogP contribution in [0.3, 0.4) is 0 Å². The molecule has 4 nitrogen and oxygen atoms in total. The van der Waals surface area contributed by atoms with Gasteiger partial charge in [0.25, 0.3) is 5.91 Å². The number of hydrogen-bond donors (Lipinski definition) is 2. The molecule has 1 aliphatic rings.